The Morgan fingerprint density at radius 2 is 1.33 bits per heavy atom. The fourth-order valence-electron chi connectivity index (χ4n) is 0. The van der Waals surface area contributed by atoms with E-state index in [2.05, 4.69) is 0 Å². The van der Waals surface area contributed by atoms with Crippen molar-refractivity contribution in [2.75, 3.05) is 0 Å². The van der Waals surface area contributed by atoms with Gasteiger partial charge < -0.3 is 7.65 Å². The molecule has 0 saturated carbocycles. The molecule has 0 saturated heterocycles. The van der Waals surface area contributed by atoms with Crippen molar-refractivity contribution in [2.45, 2.75) is 13.1 Å². The minimum absolute atomic E-state index is 0. The number of rotatable bonds is 0. The van der Waals surface area contributed by atoms with E-state index in [-0.39, 0.29) is 62.0 Å². The van der Waals surface area contributed by atoms with Gasteiger partial charge in [0.25, 0.3) is 0 Å². The number of hydrogen-bond acceptors (Lipinski definition) is 1. The molecular formula is C2H10Na2OSi. The zero-order valence-corrected chi connectivity index (χ0v) is 10.2. The molecule has 0 aliphatic heterocycles. The summed E-state index contributed by atoms with van der Waals surface area (Å²) in [7, 11) is -1.14. The van der Waals surface area contributed by atoms with Gasteiger partial charge in [0, 0.05) is 0 Å². The first kappa shape index (κ1) is 15.7. The van der Waals surface area contributed by atoms with Crippen LogP contribution in [0.5, 0.6) is 0 Å². The third kappa shape index (κ3) is 34.9. The normalized spacial score (nSPS) is 6.00. The Bertz CT molecular complexity index is 22.8. The molecule has 0 radical (unpaired) electrons. The quantitative estimate of drug-likeness (QED) is 0.319. The summed E-state index contributed by atoms with van der Waals surface area (Å²) in [6.45, 7) is 3.72. The zero-order chi connectivity index (χ0) is 3.58. The van der Waals surface area contributed by atoms with Crippen LogP contribution in [-0.2, 0) is 0 Å². The van der Waals surface area contributed by atoms with Crippen LogP contribution in [0.2, 0.25) is 13.1 Å². The molecule has 1 nitrogen and oxygen atoms in total. The standard InChI is InChI=1S/C2H8OSi.2Na.2H/c1-4(2)3;;;;/h3-4H,1-2H3;;;;/q;2*+1;2*-1. The molecule has 0 aromatic rings. The van der Waals surface area contributed by atoms with Gasteiger partial charge in [-0.15, -0.1) is 0 Å². The second-order valence-electron chi connectivity index (χ2n) is 1.09. The Hall–Kier alpha value is 2.18. The van der Waals surface area contributed by atoms with Gasteiger partial charge in [0.15, 0.2) is 9.04 Å². The Kier molecular flexibility index (Phi) is 26.8. The molecule has 6 heavy (non-hydrogen) atoms. The predicted octanol–water partition coefficient (Wildman–Crippen LogP) is -5.80. The number of hydrogen-bond donors (Lipinski definition) is 1. The SMILES string of the molecule is C[SiH](C)O.[H-].[H-].[Na+].[Na+]. The third-order valence-corrected chi connectivity index (χ3v) is 0. The minimum Gasteiger partial charge on any atom is -1.00 e. The summed E-state index contributed by atoms with van der Waals surface area (Å²) >= 11 is 0. The van der Waals surface area contributed by atoms with Gasteiger partial charge in [-0.05, 0) is 13.1 Å². The second-order valence-corrected chi connectivity index (χ2v) is 3.28. The Balaban J connectivity index is -0.00000000750. The van der Waals surface area contributed by atoms with Gasteiger partial charge in [-0.1, -0.05) is 0 Å². The fourth-order valence-corrected chi connectivity index (χ4v) is 0. The van der Waals surface area contributed by atoms with E-state index in [9.17, 15) is 0 Å². The van der Waals surface area contributed by atoms with Gasteiger partial charge in [0.05, 0.1) is 0 Å². The molecular weight excluding hydrogens is 114 g/mol. The van der Waals surface area contributed by atoms with E-state index in [0.29, 0.717) is 0 Å². The summed E-state index contributed by atoms with van der Waals surface area (Å²) in [6.07, 6.45) is 0. The van der Waals surface area contributed by atoms with Gasteiger partial charge in [-0.25, -0.2) is 0 Å². The molecule has 0 aliphatic rings. The smallest absolute Gasteiger partial charge is 1.00 e. The molecule has 0 bridgehead atoms. The van der Waals surface area contributed by atoms with Crippen LogP contribution in [0.15, 0.2) is 0 Å². The van der Waals surface area contributed by atoms with Crippen LogP contribution in [0.1, 0.15) is 2.85 Å². The maximum Gasteiger partial charge on any atom is 1.00 e. The topological polar surface area (TPSA) is 20.2 Å². The first-order chi connectivity index (χ1) is 1.73. The monoisotopic (exact) mass is 124 g/mol. The van der Waals surface area contributed by atoms with Crippen LogP contribution in [-0.4, -0.2) is 13.8 Å². The van der Waals surface area contributed by atoms with Crippen molar-refractivity contribution in [3.05, 3.63) is 0 Å². The van der Waals surface area contributed by atoms with Crippen molar-refractivity contribution in [1.82, 2.24) is 0 Å². The Labute approximate surface area is 87.8 Å². The van der Waals surface area contributed by atoms with Crippen LogP contribution in [0.25, 0.3) is 0 Å². The molecule has 0 heterocycles. The second kappa shape index (κ2) is 10.2. The van der Waals surface area contributed by atoms with Gasteiger partial charge in [-0.3, -0.25) is 0 Å². The first-order valence-corrected chi connectivity index (χ1v) is 4.24. The molecule has 0 amide bonds. The van der Waals surface area contributed by atoms with Gasteiger partial charge in [0.2, 0.25) is 0 Å². The molecule has 30 valence electrons. The molecule has 0 fully saturated rings. The summed E-state index contributed by atoms with van der Waals surface area (Å²) in [5.74, 6) is 0. The van der Waals surface area contributed by atoms with E-state index in [1.807, 2.05) is 13.1 Å². The minimum atomic E-state index is -1.14. The van der Waals surface area contributed by atoms with Crippen molar-refractivity contribution in [3.63, 3.8) is 0 Å². The Morgan fingerprint density at radius 1 is 1.33 bits per heavy atom. The molecule has 0 atom stereocenters. The molecule has 0 unspecified atom stereocenters. The van der Waals surface area contributed by atoms with Crippen molar-refractivity contribution in [2.24, 2.45) is 0 Å². The van der Waals surface area contributed by atoms with Gasteiger partial charge in [-0.2, -0.15) is 0 Å². The van der Waals surface area contributed by atoms with E-state index >= 15 is 0 Å². The predicted molar refractivity (Wildman–Crippen MR) is 23.3 cm³/mol. The summed E-state index contributed by atoms with van der Waals surface area (Å²) < 4.78 is 0. The van der Waals surface area contributed by atoms with Crippen molar-refractivity contribution >= 4 is 9.04 Å². The average Bonchev–Trinajstić information content (AvgIpc) is 0.811. The molecule has 0 aromatic carbocycles. The molecule has 1 N–H and O–H groups in total. The van der Waals surface area contributed by atoms with E-state index in [1.54, 1.807) is 0 Å². The van der Waals surface area contributed by atoms with Crippen molar-refractivity contribution in [1.29, 1.82) is 0 Å². The summed E-state index contributed by atoms with van der Waals surface area (Å²) in [4.78, 5) is 8.19. The third-order valence-electron chi connectivity index (χ3n) is 0. The average molecular weight is 124 g/mol. The summed E-state index contributed by atoms with van der Waals surface area (Å²) in [5.41, 5.74) is 0. The largest absolute Gasteiger partial charge is 1.00 e. The van der Waals surface area contributed by atoms with Crippen LogP contribution in [0.3, 0.4) is 0 Å². The first-order valence-electron chi connectivity index (χ1n) is 1.41. The van der Waals surface area contributed by atoms with Crippen LogP contribution >= 0.6 is 0 Å². The van der Waals surface area contributed by atoms with Crippen molar-refractivity contribution in [3.8, 4) is 0 Å². The summed E-state index contributed by atoms with van der Waals surface area (Å²) in [6, 6.07) is 0. The zero-order valence-electron chi connectivity index (χ0n) is 7.02. The van der Waals surface area contributed by atoms with Crippen LogP contribution in [0, 0.1) is 0 Å². The maximum absolute atomic E-state index is 8.19. The fraction of sp³-hybridized carbons (Fsp3) is 1.00. The van der Waals surface area contributed by atoms with E-state index < -0.39 is 9.04 Å². The molecule has 0 aliphatic carbocycles. The maximum atomic E-state index is 8.19. The van der Waals surface area contributed by atoms with E-state index in [4.69, 9.17) is 4.80 Å². The Morgan fingerprint density at radius 3 is 1.33 bits per heavy atom. The van der Waals surface area contributed by atoms with E-state index in [1.165, 1.54) is 0 Å². The van der Waals surface area contributed by atoms with Crippen LogP contribution in [0.4, 0.5) is 0 Å². The van der Waals surface area contributed by atoms with E-state index in [0.717, 1.165) is 0 Å². The van der Waals surface area contributed by atoms with Gasteiger partial charge >= 0.3 is 59.1 Å². The van der Waals surface area contributed by atoms with Crippen LogP contribution < -0.4 is 59.1 Å². The molecule has 0 aromatic heterocycles. The molecule has 0 rings (SSSR count). The van der Waals surface area contributed by atoms with Gasteiger partial charge in [0.1, 0.15) is 0 Å². The molecule has 4 heteroatoms. The van der Waals surface area contributed by atoms with Crippen molar-refractivity contribution < 1.29 is 66.8 Å². The summed E-state index contributed by atoms with van der Waals surface area (Å²) in [5, 5.41) is 0. The molecule has 0 spiro atoms.